The number of hydrogen-bond donors (Lipinski definition) is 2. The summed E-state index contributed by atoms with van der Waals surface area (Å²) in [5.41, 5.74) is 2.83. The monoisotopic (exact) mass is 369 g/mol. The molecule has 134 valence electrons. The summed E-state index contributed by atoms with van der Waals surface area (Å²) in [5.74, 6) is 0.382. The number of amides is 2. The van der Waals surface area contributed by atoms with E-state index in [0.29, 0.717) is 22.7 Å². The van der Waals surface area contributed by atoms with Crippen molar-refractivity contribution in [3.8, 4) is 0 Å². The molecule has 0 fully saturated rings. The fourth-order valence-electron chi connectivity index (χ4n) is 2.44. The zero-order valence-electron chi connectivity index (χ0n) is 14.7. The van der Waals surface area contributed by atoms with Crippen LogP contribution in [-0.2, 0) is 9.59 Å². The summed E-state index contributed by atoms with van der Waals surface area (Å²) >= 11 is 1.45. The number of carbonyl (C=O) groups is 2. The van der Waals surface area contributed by atoms with Crippen LogP contribution in [0, 0.1) is 6.92 Å². The van der Waals surface area contributed by atoms with Crippen LogP contribution in [0.3, 0.4) is 0 Å². The third-order valence-electron chi connectivity index (χ3n) is 3.62. The number of carbonyl (C=O) groups excluding carboxylic acids is 2. The Morgan fingerprint density at radius 3 is 2.46 bits per heavy atom. The van der Waals surface area contributed by atoms with E-state index in [1.807, 2.05) is 31.2 Å². The first-order chi connectivity index (χ1) is 12.4. The highest BCUT2D eigenvalue weighted by atomic mass is 32.2. The number of nitrogens with one attached hydrogen (secondary N) is 2. The van der Waals surface area contributed by atoms with E-state index in [1.165, 1.54) is 18.7 Å². The largest absolute Gasteiger partial charge is 0.441 e. The molecular weight excluding hydrogens is 350 g/mol. The summed E-state index contributed by atoms with van der Waals surface area (Å²) in [6, 6.07) is 12.8. The van der Waals surface area contributed by atoms with Gasteiger partial charge in [-0.25, -0.2) is 4.98 Å². The van der Waals surface area contributed by atoms with Gasteiger partial charge >= 0.3 is 0 Å². The van der Waals surface area contributed by atoms with Crippen molar-refractivity contribution in [1.82, 2.24) is 4.98 Å². The number of nitrogens with zero attached hydrogens (tertiary/aromatic N) is 1. The Hall–Kier alpha value is -2.80. The second-order valence-electron chi connectivity index (χ2n) is 5.87. The van der Waals surface area contributed by atoms with Gasteiger partial charge in [0.1, 0.15) is 5.52 Å². The molecule has 2 aromatic carbocycles. The van der Waals surface area contributed by atoms with Crippen LogP contribution in [0.4, 0.5) is 11.4 Å². The van der Waals surface area contributed by atoms with Crippen LogP contribution in [0.1, 0.15) is 19.7 Å². The fourth-order valence-corrected chi connectivity index (χ4v) is 3.31. The van der Waals surface area contributed by atoms with Crippen molar-refractivity contribution >= 4 is 46.1 Å². The van der Waals surface area contributed by atoms with E-state index in [-0.39, 0.29) is 17.1 Å². The molecule has 1 heterocycles. The molecule has 0 unspecified atom stereocenters. The van der Waals surface area contributed by atoms with Crippen LogP contribution < -0.4 is 10.6 Å². The Morgan fingerprint density at radius 2 is 1.77 bits per heavy atom. The first kappa shape index (κ1) is 18.0. The number of aromatic nitrogens is 1. The normalized spacial score (nSPS) is 12.0. The number of hydrogen-bond acceptors (Lipinski definition) is 5. The van der Waals surface area contributed by atoms with E-state index >= 15 is 0 Å². The Bertz CT molecular complexity index is 950. The van der Waals surface area contributed by atoms with E-state index < -0.39 is 0 Å². The molecule has 0 aliphatic heterocycles. The van der Waals surface area contributed by atoms with E-state index in [1.54, 1.807) is 25.1 Å². The van der Waals surface area contributed by atoms with Crippen molar-refractivity contribution in [3.63, 3.8) is 0 Å². The predicted octanol–water partition coefficient (Wildman–Crippen LogP) is 4.21. The molecule has 0 aliphatic carbocycles. The first-order valence-electron chi connectivity index (χ1n) is 8.13. The van der Waals surface area contributed by atoms with Gasteiger partial charge in [-0.15, -0.1) is 11.8 Å². The molecule has 0 bridgehead atoms. The van der Waals surface area contributed by atoms with Crippen molar-refractivity contribution in [2.75, 3.05) is 10.6 Å². The number of thioether (sulfide) groups is 1. The lowest BCUT2D eigenvalue weighted by atomic mass is 10.3. The van der Waals surface area contributed by atoms with Crippen molar-refractivity contribution in [2.45, 2.75) is 30.9 Å². The fraction of sp³-hybridized carbons (Fsp3) is 0.211. The highest BCUT2D eigenvalue weighted by Crippen LogP contribution is 2.26. The molecule has 1 atom stereocenters. The van der Waals surface area contributed by atoms with Crippen LogP contribution in [0.25, 0.3) is 11.1 Å². The first-order valence-corrected chi connectivity index (χ1v) is 9.01. The molecule has 2 amide bonds. The number of oxazole rings is 1. The molecule has 6 nitrogen and oxygen atoms in total. The van der Waals surface area contributed by atoms with Crippen LogP contribution in [0.15, 0.2) is 51.8 Å². The zero-order chi connectivity index (χ0) is 18.7. The predicted molar refractivity (Wildman–Crippen MR) is 103 cm³/mol. The molecular formula is C19H19N3O3S. The summed E-state index contributed by atoms with van der Waals surface area (Å²) in [7, 11) is 0. The Labute approximate surface area is 155 Å². The minimum absolute atomic E-state index is 0.0968. The highest BCUT2D eigenvalue weighted by Gasteiger charge is 2.15. The lowest BCUT2D eigenvalue weighted by Crippen LogP contribution is -2.22. The molecule has 7 heteroatoms. The summed E-state index contributed by atoms with van der Waals surface area (Å²) < 4.78 is 5.43. The maximum atomic E-state index is 12.4. The SMILES string of the molecule is CC(=O)Nc1ccc(S[C@@H](C)C(=O)Nc2ccc3oc(C)nc3c2)cc1. The van der Waals surface area contributed by atoms with E-state index in [9.17, 15) is 9.59 Å². The summed E-state index contributed by atoms with van der Waals surface area (Å²) in [6.45, 7) is 5.10. The molecule has 0 saturated carbocycles. The lowest BCUT2D eigenvalue weighted by molar-refractivity contribution is -0.115. The number of benzene rings is 2. The minimum atomic E-state index is -0.281. The van der Waals surface area contributed by atoms with Gasteiger partial charge in [0, 0.05) is 30.1 Å². The maximum absolute atomic E-state index is 12.4. The van der Waals surface area contributed by atoms with Gasteiger partial charge in [0.15, 0.2) is 11.5 Å². The number of anilines is 2. The number of rotatable bonds is 5. The molecule has 3 rings (SSSR count). The topological polar surface area (TPSA) is 84.2 Å². The van der Waals surface area contributed by atoms with Crippen molar-refractivity contribution in [1.29, 1.82) is 0 Å². The van der Waals surface area contributed by atoms with Gasteiger partial charge < -0.3 is 15.1 Å². The van der Waals surface area contributed by atoms with Crippen LogP contribution in [-0.4, -0.2) is 22.0 Å². The molecule has 0 aliphatic rings. The molecule has 0 radical (unpaired) electrons. The van der Waals surface area contributed by atoms with E-state index in [2.05, 4.69) is 15.6 Å². The quantitative estimate of drug-likeness (QED) is 0.658. The highest BCUT2D eigenvalue weighted by molar-refractivity contribution is 8.00. The molecule has 1 aromatic heterocycles. The van der Waals surface area contributed by atoms with Gasteiger partial charge in [-0.2, -0.15) is 0 Å². The van der Waals surface area contributed by atoms with Gasteiger partial charge in [-0.05, 0) is 49.4 Å². The van der Waals surface area contributed by atoms with Crippen LogP contribution in [0.2, 0.25) is 0 Å². The molecule has 3 aromatic rings. The zero-order valence-corrected chi connectivity index (χ0v) is 15.5. The lowest BCUT2D eigenvalue weighted by Gasteiger charge is -2.12. The van der Waals surface area contributed by atoms with Crippen molar-refractivity contribution in [3.05, 3.63) is 48.4 Å². The molecule has 0 saturated heterocycles. The van der Waals surface area contributed by atoms with Crippen LogP contribution in [0.5, 0.6) is 0 Å². The second kappa shape index (κ2) is 7.61. The average Bonchev–Trinajstić information content (AvgIpc) is 2.95. The van der Waals surface area contributed by atoms with Gasteiger partial charge in [-0.3, -0.25) is 9.59 Å². The van der Waals surface area contributed by atoms with Crippen LogP contribution >= 0.6 is 11.8 Å². The Kier molecular flexibility index (Phi) is 5.27. The molecule has 2 N–H and O–H groups in total. The summed E-state index contributed by atoms with van der Waals surface area (Å²) in [5, 5.41) is 5.34. The van der Waals surface area contributed by atoms with E-state index in [0.717, 1.165) is 10.6 Å². The van der Waals surface area contributed by atoms with Crippen molar-refractivity contribution < 1.29 is 14.0 Å². The van der Waals surface area contributed by atoms with Gasteiger partial charge in [0.2, 0.25) is 11.8 Å². The smallest absolute Gasteiger partial charge is 0.237 e. The minimum Gasteiger partial charge on any atom is -0.441 e. The summed E-state index contributed by atoms with van der Waals surface area (Å²) in [6.07, 6.45) is 0. The third-order valence-corrected chi connectivity index (χ3v) is 4.73. The molecule has 0 spiro atoms. The Balaban J connectivity index is 1.62. The maximum Gasteiger partial charge on any atom is 0.237 e. The second-order valence-corrected chi connectivity index (χ2v) is 7.28. The standard InChI is InChI=1S/C19H19N3O3S/c1-11(26-16-7-4-14(5-8-16)20-12(2)23)19(24)22-15-6-9-18-17(10-15)21-13(3)25-18/h4-11H,1-3H3,(H,20,23)(H,22,24)/t11-/m0/s1. The average molecular weight is 369 g/mol. The van der Waals surface area contributed by atoms with E-state index in [4.69, 9.17) is 4.42 Å². The Morgan fingerprint density at radius 1 is 1.08 bits per heavy atom. The number of fused-ring (bicyclic) bond motifs is 1. The van der Waals surface area contributed by atoms with Gasteiger partial charge in [0.25, 0.3) is 0 Å². The number of aryl methyl sites for hydroxylation is 1. The third kappa shape index (κ3) is 4.43. The molecule has 26 heavy (non-hydrogen) atoms. The summed E-state index contributed by atoms with van der Waals surface area (Å²) in [4.78, 5) is 28.7. The van der Waals surface area contributed by atoms with Crippen molar-refractivity contribution in [2.24, 2.45) is 0 Å². The van der Waals surface area contributed by atoms with Gasteiger partial charge in [-0.1, -0.05) is 0 Å². The van der Waals surface area contributed by atoms with Gasteiger partial charge in [0.05, 0.1) is 5.25 Å².